The predicted molar refractivity (Wildman–Crippen MR) is 68.7 cm³/mol. The first kappa shape index (κ1) is 13.4. The van der Waals surface area contributed by atoms with Crippen LogP contribution in [0.1, 0.15) is 24.2 Å². The number of nitrogens with one attached hydrogen (secondary N) is 1. The van der Waals surface area contributed by atoms with Crippen molar-refractivity contribution < 1.29 is 4.79 Å². The lowest BCUT2D eigenvalue weighted by Crippen LogP contribution is -2.48. The van der Waals surface area contributed by atoms with Crippen molar-refractivity contribution in [1.29, 1.82) is 0 Å². The first-order chi connectivity index (χ1) is 7.84. The van der Waals surface area contributed by atoms with Gasteiger partial charge in [0.1, 0.15) is 5.82 Å². The zero-order chi connectivity index (χ0) is 13.1. The van der Waals surface area contributed by atoms with Gasteiger partial charge in [-0.1, -0.05) is 0 Å². The van der Waals surface area contributed by atoms with Gasteiger partial charge in [-0.3, -0.25) is 4.79 Å². The summed E-state index contributed by atoms with van der Waals surface area (Å²) in [6.45, 7) is 4.66. The van der Waals surface area contributed by atoms with Crippen molar-refractivity contribution in [2.45, 2.75) is 19.4 Å². The van der Waals surface area contributed by atoms with Crippen molar-refractivity contribution in [2.75, 3.05) is 26.4 Å². The van der Waals surface area contributed by atoms with Gasteiger partial charge in [0, 0.05) is 18.3 Å². The molecular formula is C12H20N4O. The number of hydrogen-bond acceptors (Lipinski definition) is 4. The third-order valence-electron chi connectivity index (χ3n) is 2.98. The van der Waals surface area contributed by atoms with Crippen molar-refractivity contribution >= 4 is 11.7 Å². The normalized spacial score (nSPS) is 11.6. The highest BCUT2D eigenvalue weighted by atomic mass is 16.1. The van der Waals surface area contributed by atoms with E-state index in [0.29, 0.717) is 12.1 Å². The second-order valence-electron chi connectivity index (χ2n) is 4.83. The van der Waals surface area contributed by atoms with E-state index in [4.69, 9.17) is 5.73 Å². The molecule has 94 valence electrons. The molecule has 0 aromatic carbocycles. The molecule has 0 saturated heterocycles. The summed E-state index contributed by atoms with van der Waals surface area (Å²) < 4.78 is 0. The predicted octanol–water partition coefficient (Wildman–Crippen LogP) is 0.734. The smallest absolute Gasteiger partial charge is 0.255 e. The summed E-state index contributed by atoms with van der Waals surface area (Å²) in [5, 5.41) is 2.86. The Morgan fingerprint density at radius 2 is 2.18 bits per heavy atom. The van der Waals surface area contributed by atoms with Crippen LogP contribution in [0.25, 0.3) is 0 Å². The fourth-order valence-electron chi connectivity index (χ4n) is 1.16. The number of anilines is 1. The summed E-state index contributed by atoms with van der Waals surface area (Å²) in [4.78, 5) is 17.8. The Bertz CT molecular complexity index is 401. The highest BCUT2D eigenvalue weighted by Crippen LogP contribution is 2.10. The minimum Gasteiger partial charge on any atom is -0.383 e. The lowest BCUT2D eigenvalue weighted by molar-refractivity contribution is 0.0920. The Hall–Kier alpha value is -1.62. The van der Waals surface area contributed by atoms with E-state index in [2.05, 4.69) is 29.0 Å². The van der Waals surface area contributed by atoms with Crippen LogP contribution in [-0.2, 0) is 0 Å². The third-order valence-corrected chi connectivity index (χ3v) is 2.98. The highest BCUT2D eigenvalue weighted by molar-refractivity contribution is 5.98. The van der Waals surface area contributed by atoms with Gasteiger partial charge >= 0.3 is 0 Å². The van der Waals surface area contributed by atoms with E-state index in [0.717, 1.165) is 0 Å². The highest BCUT2D eigenvalue weighted by Gasteiger charge is 2.21. The van der Waals surface area contributed by atoms with Crippen molar-refractivity contribution in [1.82, 2.24) is 15.2 Å². The van der Waals surface area contributed by atoms with Crippen molar-refractivity contribution in [3.8, 4) is 0 Å². The maximum absolute atomic E-state index is 11.9. The molecule has 0 radical (unpaired) electrons. The van der Waals surface area contributed by atoms with E-state index in [1.54, 1.807) is 18.3 Å². The summed E-state index contributed by atoms with van der Waals surface area (Å²) in [5.74, 6) is 0.0678. The van der Waals surface area contributed by atoms with E-state index in [9.17, 15) is 4.79 Å². The number of pyridine rings is 1. The van der Waals surface area contributed by atoms with Gasteiger partial charge in [0.2, 0.25) is 0 Å². The molecule has 0 aliphatic carbocycles. The summed E-state index contributed by atoms with van der Waals surface area (Å²) in [6.07, 6.45) is 1.57. The molecule has 0 aliphatic heterocycles. The molecule has 3 N–H and O–H groups in total. The van der Waals surface area contributed by atoms with Gasteiger partial charge < -0.3 is 16.0 Å². The van der Waals surface area contributed by atoms with Crippen LogP contribution in [-0.4, -0.2) is 42.0 Å². The Morgan fingerprint density at radius 1 is 1.53 bits per heavy atom. The lowest BCUT2D eigenvalue weighted by atomic mass is 10.0. The zero-order valence-corrected chi connectivity index (χ0v) is 10.8. The maximum Gasteiger partial charge on any atom is 0.255 e. The van der Waals surface area contributed by atoms with Crippen LogP contribution in [0.4, 0.5) is 5.82 Å². The molecule has 0 fully saturated rings. The standard InChI is InChI=1S/C12H20N4O/c1-12(2,16(3)4)8-15-11(17)9-6-5-7-14-10(9)13/h5-7H,8H2,1-4H3,(H2,13,14)(H,15,17). The number of hydrogen-bond donors (Lipinski definition) is 2. The molecule has 5 nitrogen and oxygen atoms in total. The van der Waals surface area contributed by atoms with Crippen molar-refractivity contribution in [3.05, 3.63) is 23.9 Å². The van der Waals surface area contributed by atoms with Gasteiger partial charge in [-0.15, -0.1) is 0 Å². The molecule has 1 aromatic heterocycles. The van der Waals surface area contributed by atoms with Gasteiger partial charge in [-0.2, -0.15) is 0 Å². The van der Waals surface area contributed by atoms with Crippen LogP contribution in [0.3, 0.4) is 0 Å². The van der Waals surface area contributed by atoms with Crippen LogP contribution < -0.4 is 11.1 Å². The van der Waals surface area contributed by atoms with Gasteiger partial charge in [0.25, 0.3) is 5.91 Å². The van der Waals surface area contributed by atoms with Crippen molar-refractivity contribution in [2.24, 2.45) is 0 Å². The molecule has 1 heterocycles. The lowest BCUT2D eigenvalue weighted by Gasteiger charge is -2.32. The van der Waals surface area contributed by atoms with Crippen LogP contribution in [0.5, 0.6) is 0 Å². The number of nitrogens with two attached hydrogens (primary N) is 1. The van der Waals surface area contributed by atoms with E-state index in [1.807, 2.05) is 14.1 Å². The van der Waals surface area contributed by atoms with Crippen LogP contribution in [0, 0.1) is 0 Å². The third kappa shape index (κ3) is 3.42. The zero-order valence-electron chi connectivity index (χ0n) is 10.8. The number of likely N-dealkylation sites (N-methyl/N-ethyl adjacent to an activating group) is 1. The number of nitrogens with zero attached hydrogens (tertiary/aromatic N) is 2. The molecule has 0 atom stereocenters. The van der Waals surface area contributed by atoms with Gasteiger partial charge in [0.15, 0.2) is 0 Å². The fraction of sp³-hybridized carbons (Fsp3) is 0.500. The minimum atomic E-state index is -0.189. The monoisotopic (exact) mass is 236 g/mol. The van der Waals surface area contributed by atoms with Crippen LogP contribution >= 0.6 is 0 Å². The molecule has 17 heavy (non-hydrogen) atoms. The number of amides is 1. The topological polar surface area (TPSA) is 71.2 Å². The van der Waals surface area contributed by atoms with Gasteiger partial charge in [-0.05, 0) is 40.1 Å². The average molecular weight is 236 g/mol. The Balaban J connectivity index is 2.66. The number of nitrogen functional groups attached to an aromatic ring is 1. The number of carbonyl (C=O) groups is 1. The Kier molecular flexibility index (Phi) is 4.07. The first-order valence-electron chi connectivity index (χ1n) is 5.51. The number of rotatable bonds is 4. The molecule has 0 unspecified atom stereocenters. The second-order valence-corrected chi connectivity index (χ2v) is 4.83. The SMILES string of the molecule is CN(C)C(C)(C)CNC(=O)c1cccnc1N. The average Bonchev–Trinajstić information content (AvgIpc) is 2.26. The van der Waals surface area contributed by atoms with Crippen molar-refractivity contribution in [3.63, 3.8) is 0 Å². The minimum absolute atomic E-state index is 0.105. The fourth-order valence-corrected chi connectivity index (χ4v) is 1.16. The molecule has 5 heteroatoms. The summed E-state index contributed by atoms with van der Waals surface area (Å²) in [5.41, 5.74) is 5.95. The van der Waals surface area contributed by atoms with E-state index in [-0.39, 0.29) is 17.3 Å². The molecule has 1 rings (SSSR count). The largest absolute Gasteiger partial charge is 0.383 e. The summed E-state index contributed by atoms with van der Waals surface area (Å²) in [6, 6.07) is 3.36. The number of carbonyl (C=O) groups excluding carboxylic acids is 1. The molecule has 1 aromatic rings. The van der Waals surface area contributed by atoms with Crippen LogP contribution in [0.15, 0.2) is 18.3 Å². The quantitative estimate of drug-likeness (QED) is 0.808. The van der Waals surface area contributed by atoms with E-state index in [1.165, 1.54) is 0 Å². The van der Waals surface area contributed by atoms with Gasteiger partial charge in [0.05, 0.1) is 5.56 Å². The molecule has 1 amide bonds. The molecular weight excluding hydrogens is 216 g/mol. The molecule has 0 aliphatic rings. The van der Waals surface area contributed by atoms with Gasteiger partial charge in [-0.25, -0.2) is 4.98 Å². The molecule has 0 spiro atoms. The Labute approximate surface area is 102 Å². The number of aromatic nitrogens is 1. The van der Waals surface area contributed by atoms with Crippen LogP contribution in [0.2, 0.25) is 0 Å². The summed E-state index contributed by atoms with van der Waals surface area (Å²) >= 11 is 0. The first-order valence-corrected chi connectivity index (χ1v) is 5.51. The molecule has 0 bridgehead atoms. The van der Waals surface area contributed by atoms with E-state index >= 15 is 0 Å². The Morgan fingerprint density at radius 3 is 2.71 bits per heavy atom. The second kappa shape index (κ2) is 5.14. The molecule has 0 saturated carbocycles. The summed E-state index contributed by atoms with van der Waals surface area (Å²) in [7, 11) is 3.95. The maximum atomic E-state index is 11.9. The van der Waals surface area contributed by atoms with E-state index < -0.39 is 0 Å².